The fourth-order valence-corrected chi connectivity index (χ4v) is 5.07. The molecule has 0 aromatic heterocycles. The molecule has 0 amide bonds. The highest BCUT2D eigenvalue weighted by molar-refractivity contribution is 7.89. The van der Waals surface area contributed by atoms with Gasteiger partial charge in [-0.05, 0) is 32.4 Å². The van der Waals surface area contributed by atoms with E-state index in [1.54, 1.807) is 24.3 Å². The van der Waals surface area contributed by atoms with Crippen LogP contribution in [0.3, 0.4) is 0 Å². The number of benzene rings is 1. The number of carbonyl (C=O) groups excluding carboxylic acids is 1. The van der Waals surface area contributed by atoms with Gasteiger partial charge in [0.15, 0.2) is 0 Å². The molecule has 0 bridgehead atoms. The van der Waals surface area contributed by atoms with Crippen molar-refractivity contribution >= 4 is 16.0 Å². The van der Waals surface area contributed by atoms with Crippen LogP contribution in [0.25, 0.3) is 0 Å². The molecule has 1 saturated heterocycles. The third-order valence-corrected chi connectivity index (χ3v) is 6.99. The standard InChI is InChI=1S/C18H23NO5S/c1-12-4-6-14(7-5-12)25(21,22)19-9-8-15-16(10-19)13(2)24-11-17(15)18(20)23-3/h4-7,11,13,15-16H,8-10H2,1-3H3/t13-,15-,16+/m0/s1. The lowest BCUT2D eigenvalue weighted by molar-refractivity contribution is -0.138. The molecule has 6 nitrogen and oxygen atoms in total. The number of carbonyl (C=O) groups is 1. The summed E-state index contributed by atoms with van der Waals surface area (Å²) in [7, 11) is -2.21. The number of ether oxygens (including phenoxy) is 2. The number of aryl methyl sites for hydroxylation is 1. The van der Waals surface area contributed by atoms with E-state index in [1.165, 1.54) is 17.7 Å². The number of nitrogens with zero attached hydrogens (tertiary/aromatic N) is 1. The van der Waals surface area contributed by atoms with E-state index in [0.29, 0.717) is 30.0 Å². The quantitative estimate of drug-likeness (QED) is 0.767. The van der Waals surface area contributed by atoms with Gasteiger partial charge in [0.2, 0.25) is 10.0 Å². The van der Waals surface area contributed by atoms with Crippen molar-refractivity contribution < 1.29 is 22.7 Å². The van der Waals surface area contributed by atoms with Gasteiger partial charge >= 0.3 is 5.97 Å². The van der Waals surface area contributed by atoms with Gasteiger partial charge in [0.25, 0.3) is 0 Å². The summed E-state index contributed by atoms with van der Waals surface area (Å²) < 4.78 is 37.8. The van der Waals surface area contributed by atoms with Crippen LogP contribution in [0.4, 0.5) is 0 Å². The van der Waals surface area contributed by atoms with Crippen LogP contribution in [-0.4, -0.2) is 45.0 Å². The summed E-state index contributed by atoms with van der Waals surface area (Å²) in [6, 6.07) is 6.86. The third kappa shape index (κ3) is 3.30. The van der Waals surface area contributed by atoms with Gasteiger partial charge in [0, 0.05) is 24.9 Å². The largest absolute Gasteiger partial charge is 0.497 e. The molecule has 0 N–H and O–H groups in total. The number of piperidine rings is 1. The Bertz CT molecular complexity index is 784. The molecular formula is C18H23NO5S. The Labute approximate surface area is 148 Å². The minimum atomic E-state index is -3.55. The van der Waals surface area contributed by atoms with E-state index in [-0.39, 0.29) is 17.9 Å². The van der Waals surface area contributed by atoms with E-state index >= 15 is 0 Å². The zero-order chi connectivity index (χ0) is 18.2. The molecule has 1 aromatic carbocycles. The van der Waals surface area contributed by atoms with Crippen LogP contribution in [0.5, 0.6) is 0 Å². The fourth-order valence-electron chi connectivity index (χ4n) is 3.58. The molecule has 2 aliphatic heterocycles. The highest BCUT2D eigenvalue weighted by Gasteiger charge is 2.44. The molecule has 136 valence electrons. The number of sulfonamides is 1. The van der Waals surface area contributed by atoms with Crippen molar-refractivity contribution in [1.29, 1.82) is 0 Å². The summed E-state index contributed by atoms with van der Waals surface area (Å²) in [5.41, 5.74) is 1.51. The number of fused-ring (bicyclic) bond motifs is 1. The smallest absolute Gasteiger partial charge is 0.337 e. The van der Waals surface area contributed by atoms with Gasteiger partial charge in [-0.1, -0.05) is 17.7 Å². The molecule has 7 heteroatoms. The Morgan fingerprint density at radius 2 is 1.96 bits per heavy atom. The van der Waals surface area contributed by atoms with Crippen LogP contribution in [0.15, 0.2) is 41.0 Å². The van der Waals surface area contributed by atoms with Gasteiger partial charge < -0.3 is 9.47 Å². The van der Waals surface area contributed by atoms with E-state index in [9.17, 15) is 13.2 Å². The average molecular weight is 365 g/mol. The number of hydrogen-bond acceptors (Lipinski definition) is 5. The van der Waals surface area contributed by atoms with Gasteiger partial charge in [-0.2, -0.15) is 4.31 Å². The first-order chi connectivity index (χ1) is 11.8. The van der Waals surface area contributed by atoms with Crippen molar-refractivity contribution in [2.24, 2.45) is 11.8 Å². The summed E-state index contributed by atoms with van der Waals surface area (Å²) in [5, 5.41) is 0. The summed E-state index contributed by atoms with van der Waals surface area (Å²) >= 11 is 0. The molecule has 0 radical (unpaired) electrons. The minimum absolute atomic E-state index is 0.0410. The number of methoxy groups -OCH3 is 1. The Morgan fingerprint density at radius 1 is 1.28 bits per heavy atom. The molecular weight excluding hydrogens is 342 g/mol. The zero-order valence-corrected chi connectivity index (χ0v) is 15.5. The van der Waals surface area contributed by atoms with Crippen LogP contribution in [0, 0.1) is 18.8 Å². The average Bonchev–Trinajstić information content (AvgIpc) is 2.61. The lowest BCUT2D eigenvalue weighted by Gasteiger charge is -2.42. The SMILES string of the molecule is COC(=O)C1=CO[C@@H](C)[C@H]2CN(S(=O)(=O)c3ccc(C)cc3)CC[C@H]12. The molecule has 2 heterocycles. The maximum atomic E-state index is 12.9. The van der Waals surface area contributed by atoms with Crippen molar-refractivity contribution in [3.05, 3.63) is 41.7 Å². The summed E-state index contributed by atoms with van der Waals surface area (Å²) in [5.74, 6) is -0.523. The molecule has 25 heavy (non-hydrogen) atoms. The molecule has 0 spiro atoms. The number of esters is 1. The van der Waals surface area contributed by atoms with Crippen LogP contribution in [-0.2, 0) is 24.3 Å². The molecule has 1 fully saturated rings. The second-order valence-corrected chi connectivity index (χ2v) is 8.58. The predicted molar refractivity (Wildman–Crippen MR) is 92.2 cm³/mol. The first-order valence-corrected chi connectivity index (χ1v) is 9.79. The Balaban J connectivity index is 1.84. The van der Waals surface area contributed by atoms with E-state index in [2.05, 4.69) is 0 Å². The number of rotatable bonds is 3. The van der Waals surface area contributed by atoms with Gasteiger partial charge in [-0.15, -0.1) is 0 Å². The number of hydrogen-bond donors (Lipinski definition) is 0. The highest BCUT2D eigenvalue weighted by Crippen LogP contribution is 2.38. The van der Waals surface area contributed by atoms with Gasteiger partial charge in [0.1, 0.15) is 0 Å². The fraction of sp³-hybridized carbons (Fsp3) is 0.500. The maximum Gasteiger partial charge on any atom is 0.337 e. The summed E-state index contributed by atoms with van der Waals surface area (Å²) in [6.07, 6.45) is 1.89. The van der Waals surface area contributed by atoms with E-state index in [4.69, 9.17) is 9.47 Å². The van der Waals surface area contributed by atoms with E-state index in [0.717, 1.165) is 5.56 Å². The third-order valence-electron chi connectivity index (χ3n) is 5.11. The normalized spacial score (nSPS) is 27.0. The molecule has 3 atom stereocenters. The second kappa shape index (κ2) is 6.80. The van der Waals surface area contributed by atoms with Crippen LogP contribution in [0.1, 0.15) is 18.9 Å². The molecule has 1 aromatic rings. The van der Waals surface area contributed by atoms with E-state index < -0.39 is 16.0 Å². The second-order valence-electron chi connectivity index (χ2n) is 6.64. The summed E-state index contributed by atoms with van der Waals surface area (Å²) in [4.78, 5) is 12.3. The maximum absolute atomic E-state index is 12.9. The molecule has 2 aliphatic rings. The van der Waals surface area contributed by atoms with Crippen LogP contribution < -0.4 is 0 Å². The lowest BCUT2D eigenvalue weighted by atomic mass is 9.77. The van der Waals surface area contributed by atoms with E-state index in [1.807, 2.05) is 13.8 Å². The van der Waals surface area contributed by atoms with Crippen molar-refractivity contribution in [3.8, 4) is 0 Å². The molecule has 0 aliphatic carbocycles. The molecule has 0 unspecified atom stereocenters. The predicted octanol–water partition coefficient (Wildman–Crippen LogP) is 2.10. The first kappa shape index (κ1) is 17.9. The molecule has 3 rings (SSSR count). The van der Waals surface area contributed by atoms with Crippen molar-refractivity contribution in [2.75, 3.05) is 20.2 Å². The Morgan fingerprint density at radius 3 is 2.60 bits per heavy atom. The van der Waals surface area contributed by atoms with Crippen molar-refractivity contribution in [2.45, 2.75) is 31.3 Å². The van der Waals surface area contributed by atoms with Crippen LogP contribution in [0.2, 0.25) is 0 Å². The summed E-state index contributed by atoms with van der Waals surface area (Å²) in [6.45, 7) is 4.53. The Kier molecular flexibility index (Phi) is 4.88. The zero-order valence-electron chi connectivity index (χ0n) is 14.6. The molecule has 0 saturated carbocycles. The lowest BCUT2D eigenvalue weighted by Crippen LogP contribution is -2.50. The monoisotopic (exact) mass is 365 g/mol. The van der Waals surface area contributed by atoms with Gasteiger partial charge in [-0.3, -0.25) is 0 Å². The van der Waals surface area contributed by atoms with Crippen molar-refractivity contribution in [3.63, 3.8) is 0 Å². The first-order valence-electron chi connectivity index (χ1n) is 8.35. The highest BCUT2D eigenvalue weighted by atomic mass is 32.2. The van der Waals surface area contributed by atoms with Gasteiger partial charge in [-0.25, -0.2) is 13.2 Å². The van der Waals surface area contributed by atoms with Gasteiger partial charge in [0.05, 0.1) is 29.9 Å². The topological polar surface area (TPSA) is 72.9 Å². The minimum Gasteiger partial charge on any atom is -0.497 e. The van der Waals surface area contributed by atoms with Crippen LogP contribution >= 0.6 is 0 Å². The Hall–Kier alpha value is -1.86. The van der Waals surface area contributed by atoms with Crippen molar-refractivity contribution in [1.82, 2.24) is 4.31 Å².